The van der Waals surface area contributed by atoms with Crippen molar-refractivity contribution in [1.82, 2.24) is 0 Å². The Balaban J connectivity index is 2.85. The van der Waals surface area contributed by atoms with Crippen LogP contribution >= 0.6 is 15.9 Å². The van der Waals surface area contributed by atoms with E-state index in [1.807, 2.05) is 0 Å². The van der Waals surface area contributed by atoms with E-state index in [4.69, 9.17) is 9.47 Å². The molecular weight excluding hydrogens is 313 g/mol. The largest absolute Gasteiger partial charge is 0.497 e. The molecule has 0 fully saturated rings. The summed E-state index contributed by atoms with van der Waals surface area (Å²) in [4.78, 5) is -0.427. The SMILES string of the molecule is COc1ccc(OC)c(C(Br)CCC(F)(F)F)c1. The molecule has 1 rings (SSSR count). The van der Waals surface area contributed by atoms with Gasteiger partial charge in [-0.1, -0.05) is 15.9 Å². The van der Waals surface area contributed by atoms with Gasteiger partial charge in [-0.15, -0.1) is 0 Å². The molecule has 0 radical (unpaired) electrons. The van der Waals surface area contributed by atoms with Crippen molar-refractivity contribution in [1.29, 1.82) is 0 Å². The minimum atomic E-state index is -4.15. The van der Waals surface area contributed by atoms with Crippen molar-refractivity contribution >= 4 is 15.9 Å². The van der Waals surface area contributed by atoms with Crippen LogP contribution in [-0.2, 0) is 0 Å². The number of rotatable bonds is 5. The summed E-state index contributed by atoms with van der Waals surface area (Å²) in [5.74, 6) is 1.13. The highest BCUT2D eigenvalue weighted by Crippen LogP contribution is 2.38. The third kappa shape index (κ3) is 4.40. The number of alkyl halides is 4. The molecule has 0 aliphatic carbocycles. The van der Waals surface area contributed by atoms with Gasteiger partial charge in [0.25, 0.3) is 0 Å². The van der Waals surface area contributed by atoms with Gasteiger partial charge in [0, 0.05) is 16.8 Å². The fraction of sp³-hybridized carbons (Fsp3) is 0.500. The number of methoxy groups -OCH3 is 2. The Morgan fingerprint density at radius 1 is 1.22 bits per heavy atom. The van der Waals surface area contributed by atoms with E-state index in [2.05, 4.69) is 15.9 Å². The van der Waals surface area contributed by atoms with Crippen LogP contribution in [0.3, 0.4) is 0 Å². The smallest absolute Gasteiger partial charge is 0.389 e. The molecule has 0 bridgehead atoms. The standard InChI is InChI=1S/C12H14BrF3O2/c1-17-8-3-4-11(18-2)9(7-8)10(13)5-6-12(14,15)16/h3-4,7,10H,5-6H2,1-2H3. The van der Waals surface area contributed by atoms with Gasteiger partial charge in [-0.2, -0.15) is 13.2 Å². The maximum Gasteiger partial charge on any atom is 0.389 e. The number of halogens is 4. The van der Waals surface area contributed by atoms with E-state index in [1.54, 1.807) is 18.2 Å². The molecule has 1 atom stereocenters. The predicted octanol–water partition coefficient (Wildman–Crippen LogP) is 4.48. The number of benzene rings is 1. The van der Waals surface area contributed by atoms with Crippen molar-refractivity contribution in [2.24, 2.45) is 0 Å². The van der Waals surface area contributed by atoms with Gasteiger partial charge < -0.3 is 9.47 Å². The minimum absolute atomic E-state index is 0.0486. The van der Waals surface area contributed by atoms with Crippen molar-refractivity contribution in [3.05, 3.63) is 23.8 Å². The molecule has 0 amide bonds. The predicted molar refractivity (Wildman–Crippen MR) is 66.5 cm³/mol. The van der Waals surface area contributed by atoms with E-state index < -0.39 is 17.4 Å². The molecule has 0 aromatic heterocycles. The van der Waals surface area contributed by atoms with Crippen molar-refractivity contribution in [2.75, 3.05) is 14.2 Å². The third-order valence-electron chi connectivity index (χ3n) is 2.46. The molecule has 0 aliphatic heterocycles. The summed E-state index contributed by atoms with van der Waals surface area (Å²) in [6.07, 6.45) is -5.05. The lowest BCUT2D eigenvalue weighted by Crippen LogP contribution is -2.08. The highest BCUT2D eigenvalue weighted by Gasteiger charge is 2.28. The van der Waals surface area contributed by atoms with Gasteiger partial charge in [0.05, 0.1) is 14.2 Å². The molecule has 1 aromatic rings. The first-order valence-electron chi connectivity index (χ1n) is 5.30. The Labute approximate surface area is 112 Å². The van der Waals surface area contributed by atoms with Crippen LogP contribution in [0.5, 0.6) is 11.5 Å². The second-order valence-electron chi connectivity index (χ2n) is 3.73. The molecular formula is C12H14BrF3O2. The van der Waals surface area contributed by atoms with Gasteiger partial charge in [-0.25, -0.2) is 0 Å². The second kappa shape index (κ2) is 6.31. The van der Waals surface area contributed by atoms with Crippen LogP contribution in [0.4, 0.5) is 13.2 Å². The monoisotopic (exact) mass is 326 g/mol. The fourth-order valence-electron chi connectivity index (χ4n) is 1.53. The second-order valence-corrected chi connectivity index (χ2v) is 4.83. The highest BCUT2D eigenvalue weighted by atomic mass is 79.9. The van der Waals surface area contributed by atoms with E-state index in [0.717, 1.165) is 0 Å². The average Bonchev–Trinajstić information content (AvgIpc) is 2.34. The van der Waals surface area contributed by atoms with Crippen molar-refractivity contribution in [2.45, 2.75) is 23.8 Å². The van der Waals surface area contributed by atoms with Crippen molar-refractivity contribution < 1.29 is 22.6 Å². The van der Waals surface area contributed by atoms with Crippen LogP contribution in [0, 0.1) is 0 Å². The van der Waals surface area contributed by atoms with E-state index >= 15 is 0 Å². The van der Waals surface area contributed by atoms with Crippen LogP contribution in [-0.4, -0.2) is 20.4 Å². The van der Waals surface area contributed by atoms with Gasteiger partial charge in [-0.3, -0.25) is 0 Å². The van der Waals surface area contributed by atoms with Gasteiger partial charge >= 0.3 is 6.18 Å². The summed E-state index contributed by atoms with van der Waals surface area (Å²) < 4.78 is 46.7. The zero-order valence-electron chi connectivity index (χ0n) is 10.1. The van der Waals surface area contributed by atoms with E-state index in [0.29, 0.717) is 17.1 Å². The lowest BCUT2D eigenvalue weighted by Gasteiger charge is -2.16. The first-order chi connectivity index (χ1) is 8.37. The molecule has 0 spiro atoms. The van der Waals surface area contributed by atoms with Gasteiger partial charge in [0.2, 0.25) is 0 Å². The highest BCUT2D eigenvalue weighted by molar-refractivity contribution is 9.09. The Morgan fingerprint density at radius 3 is 2.39 bits per heavy atom. The summed E-state index contributed by atoms with van der Waals surface area (Å²) in [6, 6.07) is 5.05. The Morgan fingerprint density at radius 2 is 1.89 bits per heavy atom. The molecule has 18 heavy (non-hydrogen) atoms. The van der Waals surface area contributed by atoms with Gasteiger partial charge in [-0.05, 0) is 24.6 Å². The maximum absolute atomic E-state index is 12.2. The maximum atomic E-state index is 12.2. The molecule has 0 saturated carbocycles. The topological polar surface area (TPSA) is 18.5 Å². The lowest BCUT2D eigenvalue weighted by atomic mass is 10.1. The molecule has 6 heteroatoms. The first kappa shape index (κ1) is 15.1. The number of ether oxygens (including phenoxy) is 2. The molecule has 2 nitrogen and oxygen atoms in total. The Bertz CT molecular complexity index is 393. The zero-order valence-corrected chi connectivity index (χ0v) is 11.6. The molecule has 102 valence electrons. The van der Waals surface area contributed by atoms with Gasteiger partial charge in [0.1, 0.15) is 11.5 Å². The minimum Gasteiger partial charge on any atom is -0.497 e. The lowest BCUT2D eigenvalue weighted by molar-refractivity contribution is -0.135. The molecule has 0 N–H and O–H groups in total. The molecule has 0 heterocycles. The molecule has 0 saturated heterocycles. The molecule has 0 aliphatic rings. The summed E-state index contributed by atoms with van der Waals surface area (Å²) in [5.41, 5.74) is 0.654. The Hall–Kier alpha value is -0.910. The van der Waals surface area contributed by atoms with Crippen LogP contribution in [0.25, 0.3) is 0 Å². The van der Waals surface area contributed by atoms with Crippen LogP contribution in [0.2, 0.25) is 0 Å². The normalized spacial score (nSPS) is 13.2. The van der Waals surface area contributed by atoms with E-state index in [-0.39, 0.29) is 6.42 Å². The fourth-order valence-corrected chi connectivity index (χ4v) is 2.12. The number of hydrogen-bond donors (Lipinski definition) is 0. The number of hydrogen-bond acceptors (Lipinski definition) is 2. The summed E-state index contributed by atoms with van der Waals surface area (Å²) in [7, 11) is 2.99. The average molecular weight is 327 g/mol. The molecule has 1 aromatic carbocycles. The quantitative estimate of drug-likeness (QED) is 0.742. The summed E-state index contributed by atoms with van der Waals surface area (Å²) in [6.45, 7) is 0. The van der Waals surface area contributed by atoms with Crippen LogP contribution in [0.15, 0.2) is 18.2 Å². The van der Waals surface area contributed by atoms with Crippen LogP contribution < -0.4 is 9.47 Å². The third-order valence-corrected chi connectivity index (χ3v) is 3.41. The Kier molecular flexibility index (Phi) is 5.31. The van der Waals surface area contributed by atoms with Crippen molar-refractivity contribution in [3.63, 3.8) is 0 Å². The van der Waals surface area contributed by atoms with Gasteiger partial charge in [0.15, 0.2) is 0 Å². The van der Waals surface area contributed by atoms with E-state index in [1.165, 1.54) is 14.2 Å². The first-order valence-corrected chi connectivity index (χ1v) is 6.21. The van der Waals surface area contributed by atoms with E-state index in [9.17, 15) is 13.2 Å². The summed E-state index contributed by atoms with van der Waals surface area (Å²) in [5, 5.41) is 0. The summed E-state index contributed by atoms with van der Waals surface area (Å²) >= 11 is 3.26. The van der Waals surface area contributed by atoms with Crippen molar-refractivity contribution in [3.8, 4) is 11.5 Å². The molecule has 1 unspecified atom stereocenters. The zero-order chi connectivity index (χ0) is 13.8. The van der Waals surface area contributed by atoms with Crippen LogP contribution in [0.1, 0.15) is 23.2 Å².